The van der Waals surface area contributed by atoms with Crippen molar-refractivity contribution in [2.75, 3.05) is 5.32 Å². The van der Waals surface area contributed by atoms with E-state index in [2.05, 4.69) is 10.6 Å². The van der Waals surface area contributed by atoms with Gasteiger partial charge in [0.05, 0.1) is 6.54 Å². The second-order valence-electron chi connectivity index (χ2n) is 7.38. The lowest BCUT2D eigenvalue weighted by Crippen LogP contribution is -2.33. The third-order valence-electron chi connectivity index (χ3n) is 5.08. The highest BCUT2D eigenvalue weighted by molar-refractivity contribution is 6.47. The number of imide groups is 1. The van der Waals surface area contributed by atoms with E-state index in [-0.39, 0.29) is 29.7 Å². The molecule has 0 aliphatic carbocycles. The molecule has 0 saturated carbocycles. The Labute approximate surface area is 200 Å². The fourth-order valence-electron chi connectivity index (χ4n) is 3.30. The third kappa shape index (κ3) is 5.25. The predicted molar refractivity (Wildman–Crippen MR) is 128 cm³/mol. The van der Waals surface area contributed by atoms with Gasteiger partial charge in [-0.2, -0.15) is 0 Å². The molecule has 166 valence electrons. The number of carbonyl (C=O) groups is 3. The van der Waals surface area contributed by atoms with Crippen LogP contribution in [0, 0.1) is 0 Å². The number of nitrogens with one attached hydrogen (secondary N) is 2. The van der Waals surface area contributed by atoms with E-state index in [1.807, 2.05) is 30.3 Å². The van der Waals surface area contributed by atoms with E-state index in [1.54, 1.807) is 48.5 Å². The first-order chi connectivity index (χ1) is 15.9. The van der Waals surface area contributed by atoms with Gasteiger partial charge in [0, 0.05) is 22.8 Å². The highest BCUT2D eigenvalue weighted by atomic mass is 35.5. The van der Waals surface area contributed by atoms with Crippen LogP contribution in [0.2, 0.25) is 5.02 Å². The summed E-state index contributed by atoms with van der Waals surface area (Å²) in [6.45, 7) is 0.363. The Hall–Kier alpha value is -3.61. The van der Waals surface area contributed by atoms with Crippen LogP contribution in [0.4, 0.5) is 5.69 Å². The smallest absolute Gasteiger partial charge is 0.278 e. The molecule has 1 heterocycles. The number of amides is 3. The lowest BCUT2D eigenvalue weighted by atomic mass is 10.1. The second-order valence-corrected chi connectivity index (χ2v) is 8.20. The zero-order valence-corrected chi connectivity index (χ0v) is 18.9. The fraction of sp³-hybridized carbons (Fsp3) is 0.0800. The molecule has 8 heteroatoms. The Morgan fingerprint density at radius 1 is 0.788 bits per heavy atom. The van der Waals surface area contributed by atoms with E-state index in [0.717, 1.165) is 16.0 Å². The molecule has 0 fully saturated rings. The van der Waals surface area contributed by atoms with Gasteiger partial charge in [-0.15, -0.1) is 0 Å². The van der Waals surface area contributed by atoms with Gasteiger partial charge in [0.2, 0.25) is 0 Å². The van der Waals surface area contributed by atoms with Crippen LogP contribution in [-0.4, -0.2) is 22.6 Å². The summed E-state index contributed by atoms with van der Waals surface area (Å²) >= 11 is 12.0. The number of rotatable bonds is 7. The van der Waals surface area contributed by atoms with E-state index in [4.69, 9.17) is 23.2 Å². The average Bonchev–Trinajstić information content (AvgIpc) is 3.03. The molecule has 0 saturated heterocycles. The number of para-hydroxylation sites is 1. The zero-order valence-electron chi connectivity index (χ0n) is 17.3. The molecule has 0 radical (unpaired) electrons. The molecule has 4 rings (SSSR count). The van der Waals surface area contributed by atoms with Crippen molar-refractivity contribution in [2.45, 2.75) is 13.1 Å². The number of nitrogens with zero attached hydrogens (tertiary/aromatic N) is 1. The van der Waals surface area contributed by atoms with Crippen LogP contribution in [0.15, 0.2) is 89.6 Å². The molecule has 0 spiro atoms. The van der Waals surface area contributed by atoms with Crippen molar-refractivity contribution in [2.24, 2.45) is 0 Å². The predicted octanol–water partition coefficient (Wildman–Crippen LogP) is 4.70. The SMILES string of the molecule is O=C(Nc1ccccc1)c1ccc(CNC2=C(Cl)C(=O)N(Cc3ccc(Cl)cc3)C2=O)cc1. The van der Waals surface area contributed by atoms with Crippen molar-refractivity contribution >= 4 is 46.6 Å². The molecule has 0 atom stereocenters. The maximum absolute atomic E-state index is 12.8. The Kier molecular flexibility index (Phi) is 6.77. The van der Waals surface area contributed by atoms with Crippen LogP contribution < -0.4 is 10.6 Å². The van der Waals surface area contributed by atoms with Gasteiger partial charge in [0.15, 0.2) is 0 Å². The van der Waals surface area contributed by atoms with Crippen LogP contribution in [0.3, 0.4) is 0 Å². The summed E-state index contributed by atoms with van der Waals surface area (Å²) in [5.41, 5.74) is 2.85. The van der Waals surface area contributed by atoms with Crippen molar-refractivity contribution in [3.05, 3.63) is 111 Å². The molecule has 3 aromatic carbocycles. The summed E-state index contributed by atoms with van der Waals surface area (Å²) in [7, 11) is 0. The molecule has 0 unspecified atom stereocenters. The minimum Gasteiger partial charge on any atom is -0.375 e. The fourth-order valence-corrected chi connectivity index (χ4v) is 3.68. The summed E-state index contributed by atoms with van der Waals surface area (Å²) in [5, 5.41) is 6.20. The van der Waals surface area contributed by atoms with Gasteiger partial charge in [0.1, 0.15) is 10.7 Å². The maximum atomic E-state index is 12.8. The van der Waals surface area contributed by atoms with Crippen LogP contribution in [0.5, 0.6) is 0 Å². The van der Waals surface area contributed by atoms with Crippen molar-refractivity contribution < 1.29 is 14.4 Å². The van der Waals surface area contributed by atoms with E-state index >= 15 is 0 Å². The summed E-state index contributed by atoms with van der Waals surface area (Å²) < 4.78 is 0. The Morgan fingerprint density at radius 2 is 1.42 bits per heavy atom. The van der Waals surface area contributed by atoms with E-state index in [1.165, 1.54) is 0 Å². The number of anilines is 1. The number of carbonyl (C=O) groups excluding carboxylic acids is 3. The molecule has 0 bridgehead atoms. The van der Waals surface area contributed by atoms with E-state index in [0.29, 0.717) is 16.3 Å². The van der Waals surface area contributed by atoms with Gasteiger partial charge < -0.3 is 10.6 Å². The monoisotopic (exact) mass is 479 g/mol. The largest absolute Gasteiger partial charge is 0.375 e. The molecule has 1 aliphatic rings. The van der Waals surface area contributed by atoms with Gasteiger partial charge in [-0.3, -0.25) is 19.3 Å². The first-order valence-corrected chi connectivity index (χ1v) is 10.9. The molecule has 3 amide bonds. The molecule has 0 aromatic heterocycles. The Balaban J connectivity index is 1.37. The summed E-state index contributed by atoms with van der Waals surface area (Å²) in [6, 6.07) is 23.0. The van der Waals surface area contributed by atoms with E-state index in [9.17, 15) is 14.4 Å². The average molecular weight is 480 g/mol. The summed E-state index contributed by atoms with van der Waals surface area (Å²) in [5.74, 6) is -1.26. The third-order valence-corrected chi connectivity index (χ3v) is 5.69. The summed E-state index contributed by atoms with van der Waals surface area (Å²) in [6.07, 6.45) is 0. The van der Waals surface area contributed by atoms with Gasteiger partial charge in [-0.25, -0.2) is 0 Å². The lowest BCUT2D eigenvalue weighted by molar-refractivity contribution is -0.138. The zero-order chi connectivity index (χ0) is 23.4. The minimum atomic E-state index is -0.549. The Bertz CT molecular complexity index is 1220. The first kappa shape index (κ1) is 22.6. The van der Waals surface area contributed by atoms with Gasteiger partial charge in [0.25, 0.3) is 17.7 Å². The van der Waals surface area contributed by atoms with Gasteiger partial charge >= 0.3 is 0 Å². The molecular weight excluding hydrogens is 461 g/mol. The summed E-state index contributed by atoms with van der Waals surface area (Å²) in [4.78, 5) is 38.7. The van der Waals surface area contributed by atoms with Gasteiger partial charge in [-0.1, -0.05) is 65.7 Å². The van der Waals surface area contributed by atoms with Crippen molar-refractivity contribution in [1.82, 2.24) is 10.2 Å². The van der Waals surface area contributed by atoms with Crippen LogP contribution in [0.25, 0.3) is 0 Å². The topological polar surface area (TPSA) is 78.5 Å². The van der Waals surface area contributed by atoms with Crippen molar-refractivity contribution in [1.29, 1.82) is 0 Å². The highest BCUT2D eigenvalue weighted by Crippen LogP contribution is 2.25. The van der Waals surface area contributed by atoms with Crippen LogP contribution in [0.1, 0.15) is 21.5 Å². The normalized spacial score (nSPS) is 13.5. The molecule has 33 heavy (non-hydrogen) atoms. The van der Waals surface area contributed by atoms with Crippen LogP contribution >= 0.6 is 23.2 Å². The standard InChI is InChI=1S/C25H19Cl2N3O3/c26-19-12-8-17(9-13-19)15-30-24(32)21(27)22(25(30)33)28-14-16-6-10-18(11-7-16)23(31)29-20-4-2-1-3-5-20/h1-13,28H,14-15H2,(H,29,31). The lowest BCUT2D eigenvalue weighted by Gasteiger charge is -2.15. The minimum absolute atomic E-state index is 0.0570. The van der Waals surface area contributed by atoms with Crippen molar-refractivity contribution in [3.8, 4) is 0 Å². The Morgan fingerprint density at radius 3 is 2.09 bits per heavy atom. The molecule has 3 aromatic rings. The van der Waals surface area contributed by atoms with Crippen LogP contribution in [-0.2, 0) is 22.7 Å². The number of hydrogen-bond acceptors (Lipinski definition) is 4. The van der Waals surface area contributed by atoms with E-state index < -0.39 is 11.8 Å². The van der Waals surface area contributed by atoms with Gasteiger partial charge in [-0.05, 0) is 47.5 Å². The highest BCUT2D eigenvalue weighted by Gasteiger charge is 2.37. The number of benzene rings is 3. The number of halogens is 2. The van der Waals surface area contributed by atoms with Crippen molar-refractivity contribution in [3.63, 3.8) is 0 Å². The maximum Gasteiger partial charge on any atom is 0.278 e. The molecule has 1 aliphatic heterocycles. The molecule has 2 N–H and O–H groups in total. The first-order valence-electron chi connectivity index (χ1n) is 10.1. The molecular formula is C25H19Cl2N3O3. The number of hydrogen-bond donors (Lipinski definition) is 2. The quantitative estimate of drug-likeness (QED) is 0.481. The molecule has 6 nitrogen and oxygen atoms in total. The second kappa shape index (κ2) is 9.90.